The third-order valence-electron chi connectivity index (χ3n) is 2.90. The highest BCUT2D eigenvalue weighted by molar-refractivity contribution is 6.42. The molecule has 3 rings (SSSR count). The lowest BCUT2D eigenvalue weighted by molar-refractivity contribution is 0.174. The van der Waals surface area contributed by atoms with Gasteiger partial charge in [-0.1, -0.05) is 34.8 Å². The van der Waals surface area contributed by atoms with Crippen LogP contribution < -0.4 is 14.8 Å². The lowest BCUT2D eigenvalue weighted by Crippen LogP contribution is -1.99. The monoisotopic (exact) mass is 329 g/mol. The van der Waals surface area contributed by atoms with Crippen LogP contribution >= 0.6 is 34.8 Å². The van der Waals surface area contributed by atoms with E-state index < -0.39 is 0 Å². The van der Waals surface area contributed by atoms with Crippen molar-refractivity contribution in [2.45, 2.75) is 6.54 Å². The van der Waals surface area contributed by atoms with E-state index in [1.807, 2.05) is 18.2 Å². The summed E-state index contributed by atoms with van der Waals surface area (Å²) < 4.78 is 10.6. The van der Waals surface area contributed by atoms with Crippen LogP contribution in [0.1, 0.15) is 5.56 Å². The Morgan fingerprint density at radius 1 is 0.950 bits per heavy atom. The second-order valence-electron chi connectivity index (χ2n) is 4.29. The number of benzene rings is 2. The number of anilines is 1. The van der Waals surface area contributed by atoms with E-state index in [9.17, 15) is 0 Å². The van der Waals surface area contributed by atoms with E-state index in [0.29, 0.717) is 33.1 Å². The van der Waals surface area contributed by atoms with Crippen molar-refractivity contribution in [1.82, 2.24) is 0 Å². The van der Waals surface area contributed by atoms with Gasteiger partial charge in [-0.25, -0.2) is 0 Å². The van der Waals surface area contributed by atoms with Gasteiger partial charge in [0.2, 0.25) is 6.79 Å². The molecular formula is C14H10Cl3NO2. The second kappa shape index (κ2) is 5.60. The minimum atomic E-state index is 0.207. The number of halogens is 3. The highest BCUT2D eigenvalue weighted by Crippen LogP contribution is 2.39. The summed E-state index contributed by atoms with van der Waals surface area (Å²) in [6.07, 6.45) is 0. The summed E-state index contributed by atoms with van der Waals surface area (Å²) in [5, 5.41) is 4.84. The molecule has 3 nitrogen and oxygen atoms in total. The van der Waals surface area contributed by atoms with E-state index in [-0.39, 0.29) is 6.79 Å². The van der Waals surface area contributed by atoms with E-state index in [0.717, 1.165) is 11.3 Å². The minimum absolute atomic E-state index is 0.207. The van der Waals surface area contributed by atoms with Gasteiger partial charge in [-0.05, 0) is 35.9 Å². The average molecular weight is 331 g/mol. The Bertz CT molecular complexity index is 661. The first-order chi connectivity index (χ1) is 9.63. The van der Waals surface area contributed by atoms with Crippen molar-refractivity contribution in [3.63, 3.8) is 0 Å². The van der Waals surface area contributed by atoms with Gasteiger partial charge < -0.3 is 14.8 Å². The van der Waals surface area contributed by atoms with Gasteiger partial charge >= 0.3 is 0 Å². The van der Waals surface area contributed by atoms with Crippen LogP contribution in [0, 0.1) is 0 Å². The van der Waals surface area contributed by atoms with Crippen LogP contribution in [-0.2, 0) is 6.54 Å². The molecule has 6 heteroatoms. The van der Waals surface area contributed by atoms with Crippen molar-refractivity contribution < 1.29 is 9.47 Å². The molecule has 0 atom stereocenters. The van der Waals surface area contributed by atoms with Crippen molar-refractivity contribution in [1.29, 1.82) is 0 Å². The maximum Gasteiger partial charge on any atom is 0.231 e. The molecule has 1 N–H and O–H groups in total. The molecule has 0 aromatic heterocycles. The molecule has 0 unspecified atom stereocenters. The molecule has 2 aromatic rings. The van der Waals surface area contributed by atoms with Crippen LogP contribution in [0.4, 0.5) is 5.69 Å². The van der Waals surface area contributed by atoms with Gasteiger partial charge in [0.25, 0.3) is 0 Å². The molecule has 0 fully saturated rings. The zero-order valence-corrected chi connectivity index (χ0v) is 12.5. The van der Waals surface area contributed by atoms with Crippen LogP contribution in [0.25, 0.3) is 0 Å². The maximum atomic E-state index is 6.13. The number of ether oxygens (including phenoxy) is 2. The fourth-order valence-corrected chi connectivity index (χ4v) is 2.52. The third kappa shape index (κ3) is 2.75. The molecular weight excluding hydrogens is 321 g/mol. The Labute approximate surface area is 131 Å². The summed E-state index contributed by atoms with van der Waals surface area (Å²) in [4.78, 5) is 0. The topological polar surface area (TPSA) is 30.5 Å². The Kier molecular flexibility index (Phi) is 3.83. The molecule has 0 bridgehead atoms. The number of hydrogen-bond donors (Lipinski definition) is 1. The highest BCUT2D eigenvalue weighted by atomic mass is 35.5. The van der Waals surface area contributed by atoms with Crippen molar-refractivity contribution >= 4 is 40.5 Å². The lowest BCUT2D eigenvalue weighted by atomic mass is 10.2. The molecule has 2 aromatic carbocycles. The lowest BCUT2D eigenvalue weighted by Gasteiger charge is -2.09. The van der Waals surface area contributed by atoms with Gasteiger partial charge in [-0.15, -0.1) is 0 Å². The SMILES string of the molecule is Clc1ccc(NCc2cc(Cl)c3c(c2)OCO3)cc1Cl. The van der Waals surface area contributed by atoms with Gasteiger partial charge in [0.05, 0.1) is 15.1 Å². The number of fused-ring (bicyclic) bond motifs is 1. The van der Waals surface area contributed by atoms with Crippen molar-refractivity contribution in [2.75, 3.05) is 12.1 Å². The summed E-state index contributed by atoms with van der Waals surface area (Å²) in [5.41, 5.74) is 1.87. The molecule has 20 heavy (non-hydrogen) atoms. The predicted molar refractivity (Wildman–Crippen MR) is 81.4 cm³/mol. The zero-order valence-electron chi connectivity index (χ0n) is 10.3. The molecule has 0 radical (unpaired) electrons. The number of nitrogens with one attached hydrogen (secondary N) is 1. The molecule has 104 valence electrons. The van der Waals surface area contributed by atoms with Crippen molar-refractivity contribution in [2.24, 2.45) is 0 Å². The van der Waals surface area contributed by atoms with Gasteiger partial charge in [0, 0.05) is 12.2 Å². The molecule has 1 aliphatic heterocycles. The predicted octanol–water partition coefficient (Wildman–Crippen LogP) is 4.99. The maximum absolute atomic E-state index is 6.13. The van der Waals surface area contributed by atoms with Crippen LogP contribution in [0.3, 0.4) is 0 Å². The van der Waals surface area contributed by atoms with Gasteiger partial charge in [-0.3, -0.25) is 0 Å². The minimum Gasteiger partial charge on any atom is -0.454 e. The van der Waals surface area contributed by atoms with E-state index in [1.54, 1.807) is 12.1 Å². The normalized spacial score (nSPS) is 12.6. The van der Waals surface area contributed by atoms with Gasteiger partial charge in [0.15, 0.2) is 11.5 Å². The van der Waals surface area contributed by atoms with Gasteiger partial charge in [-0.2, -0.15) is 0 Å². The number of hydrogen-bond acceptors (Lipinski definition) is 3. The fraction of sp³-hybridized carbons (Fsp3) is 0.143. The molecule has 1 heterocycles. The Morgan fingerprint density at radius 2 is 1.80 bits per heavy atom. The summed E-state index contributed by atoms with van der Waals surface area (Å²) in [6, 6.07) is 9.14. The Balaban J connectivity index is 1.75. The van der Waals surface area contributed by atoms with Crippen LogP contribution in [-0.4, -0.2) is 6.79 Å². The molecule has 0 spiro atoms. The first-order valence-corrected chi connectivity index (χ1v) is 7.04. The summed E-state index contributed by atoms with van der Waals surface area (Å²) in [5.74, 6) is 1.27. The zero-order chi connectivity index (χ0) is 14.1. The van der Waals surface area contributed by atoms with E-state index in [1.165, 1.54) is 0 Å². The molecule has 0 amide bonds. The molecule has 0 saturated carbocycles. The van der Waals surface area contributed by atoms with Crippen molar-refractivity contribution in [3.8, 4) is 11.5 Å². The van der Waals surface area contributed by atoms with Crippen LogP contribution in [0.2, 0.25) is 15.1 Å². The summed E-state index contributed by atoms with van der Waals surface area (Å²) in [6.45, 7) is 0.799. The molecule has 0 aliphatic carbocycles. The fourth-order valence-electron chi connectivity index (χ4n) is 1.93. The smallest absolute Gasteiger partial charge is 0.231 e. The average Bonchev–Trinajstić information content (AvgIpc) is 2.89. The van der Waals surface area contributed by atoms with E-state index in [2.05, 4.69) is 5.32 Å². The van der Waals surface area contributed by atoms with E-state index in [4.69, 9.17) is 44.3 Å². The second-order valence-corrected chi connectivity index (χ2v) is 5.52. The highest BCUT2D eigenvalue weighted by Gasteiger charge is 2.18. The third-order valence-corrected chi connectivity index (χ3v) is 3.92. The molecule has 1 aliphatic rings. The Morgan fingerprint density at radius 3 is 2.60 bits per heavy atom. The molecule has 0 saturated heterocycles. The summed E-state index contributed by atoms with van der Waals surface area (Å²) >= 11 is 18.0. The van der Waals surface area contributed by atoms with Crippen LogP contribution in [0.15, 0.2) is 30.3 Å². The first-order valence-electron chi connectivity index (χ1n) is 5.90. The van der Waals surface area contributed by atoms with Gasteiger partial charge in [0.1, 0.15) is 0 Å². The number of rotatable bonds is 3. The standard InChI is InChI=1S/C14H10Cl3NO2/c15-10-2-1-9(5-11(10)16)18-6-8-3-12(17)14-13(4-8)19-7-20-14/h1-5,18H,6-7H2. The Hall–Kier alpha value is -1.29. The van der Waals surface area contributed by atoms with E-state index >= 15 is 0 Å². The largest absolute Gasteiger partial charge is 0.454 e. The first kappa shape index (κ1) is 13.7. The quantitative estimate of drug-likeness (QED) is 0.860. The van der Waals surface area contributed by atoms with Crippen LogP contribution in [0.5, 0.6) is 11.5 Å². The summed E-state index contributed by atoms with van der Waals surface area (Å²) in [7, 11) is 0. The van der Waals surface area contributed by atoms with Crippen molar-refractivity contribution in [3.05, 3.63) is 51.0 Å².